The van der Waals surface area contributed by atoms with E-state index in [0.29, 0.717) is 12.3 Å². The molecule has 0 saturated carbocycles. The number of rotatable bonds is 5. The number of nitrogens with one attached hydrogen (secondary N) is 1. The highest BCUT2D eigenvalue weighted by Gasteiger charge is 2.27. The van der Waals surface area contributed by atoms with Gasteiger partial charge in [0, 0.05) is 59.2 Å². The molecule has 0 atom stereocenters. The second-order valence-corrected chi connectivity index (χ2v) is 10.8. The lowest BCUT2D eigenvalue weighted by molar-refractivity contribution is 0.0731. The fourth-order valence-corrected chi connectivity index (χ4v) is 5.22. The summed E-state index contributed by atoms with van der Waals surface area (Å²) in [7, 11) is -3.76. The Labute approximate surface area is 214 Å². The average molecular weight is 521 g/mol. The number of ether oxygens (including phenoxy) is 1. The van der Waals surface area contributed by atoms with Gasteiger partial charge < -0.3 is 14.6 Å². The zero-order valence-electron chi connectivity index (χ0n) is 20.4. The van der Waals surface area contributed by atoms with Gasteiger partial charge in [0.05, 0.1) is 12.2 Å². The van der Waals surface area contributed by atoms with E-state index in [2.05, 4.69) is 15.0 Å². The zero-order chi connectivity index (χ0) is 26.2. The standard InChI is InChI=1S/C27H25FN4O4S/c1-3-20-21(6-9-24(25(20)28)37(2,34)35)27(33)32-12-13-36-23-8-5-17(14-19(23)16-32)22-7-4-18(15-31-22)26-29-10-11-30-26/h4-11,14-15H,3,12-13,16H2,1-2H3,(H,29,30). The van der Waals surface area contributed by atoms with Gasteiger partial charge in [-0.3, -0.25) is 9.78 Å². The summed E-state index contributed by atoms with van der Waals surface area (Å²) in [5, 5.41) is 0. The summed E-state index contributed by atoms with van der Waals surface area (Å²) in [6, 6.07) is 12.1. The molecule has 1 aliphatic rings. The number of hydrogen-bond acceptors (Lipinski definition) is 6. The van der Waals surface area contributed by atoms with Crippen molar-refractivity contribution < 1.29 is 22.3 Å². The van der Waals surface area contributed by atoms with Crippen LogP contribution in [0.1, 0.15) is 28.4 Å². The average Bonchev–Trinajstić information content (AvgIpc) is 3.34. The summed E-state index contributed by atoms with van der Waals surface area (Å²) in [4.78, 5) is 26.5. The SMILES string of the molecule is CCc1c(C(=O)N2CCOc3ccc(-c4ccc(-c5ncc[nH]5)cn4)cc3C2)ccc(S(C)(=O)=O)c1F. The van der Waals surface area contributed by atoms with E-state index in [1.54, 1.807) is 30.4 Å². The molecule has 3 heterocycles. The minimum atomic E-state index is -3.76. The van der Waals surface area contributed by atoms with Gasteiger partial charge in [0.15, 0.2) is 9.84 Å². The molecule has 1 N–H and O–H groups in total. The van der Waals surface area contributed by atoms with Crippen molar-refractivity contribution in [3.05, 3.63) is 83.6 Å². The summed E-state index contributed by atoms with van der Waals surface area (Å²) < 4.78 is 44.8. The minimum absolute atomic E-state index is 0.0907. The number of nitrogens with zero attached hydrogens (tertiary/aromatic N) is 3. The topological polar surface area (TPSA) is 105 Å². The maximum absolute atomic E-state index is 15.0. The molecular formula is C27H25FN4O4S. The minimum Gasteiger partial charge on any atom is -0.491 e. The van der Waals surface area contributed by atoms with Gasteiger partial charge >= 0.3 is 0 Å². The number of H-pyrrole nitrogens is 1. The molecule has 0 bridgehead atoms. The van der Waals surface area contributed by atoms with Crippen LogP contribution in [0.15, 0.2) is 66.0 Å². The summed E-state index contributed by atoms with van der Waals surface area (Å²) in [6.07, 6.45) is 6.31. The number of carbonyl (C=O) groups is 1. The molecule has 1 amide bonds. The van der Waals surface area contributed by atoms with Crippen molar-refractivity contribution in [2.24, 2.45) is 0 Å². The molecule has 1 aliphatic heterocycles. The van der Waals surface area contributed by atoms with Crippen LogP contribution in [0, 0.1) is 5.82 Å². The van der Waals surface area contributed by atoms with Crippen molar-refractivity contribution in [1.82, 2.24) is 19.9 Å². The smallest absolute Gasteiger partial charge is 0.254 e. The first-order valence-electron chi connectivity index (χ1n) is 11.8. The van der Waals surface area contributed by atoms with Crippen LogP contribution in [-0.2, 0) is 22.8 Å². The van der Waals surface area contributed by atoms with Crippen LogP contribution >= 0.6 is 0 Å². The Morgan fingerprint density at radius 3 is 2.62 bits per heavy atom. The van der Waals surface area contributed by atoms with Gasteiger partial charge in [0.25, 0.3) is 5.91 Å². The Bertz CT molecular complexity index is 1570. The van der Waals surface area contributed by atoms with Gasteiger partial charge in [-0.1, -0.05) is 6.92 Å². The van der Waals surface area contributed by atoms with E-state index in [1.807, 2.05) is 30.3 Å². The number of benzene rings is 2. The van der Waals surface area contributed by atoms with E-state index in [0.717, 1.165) is 40.5 Å². The molecule has 0 unspecified atom stereocenters. The molecule has 5 rings (SSSR count). The van der Waals surface area contributed by atoms with Gasteiger partial charge in [-0.05, 0) is 48.9 Å². The molecule has 0 radical (unpaired) electrons. The summed E-state index contributed by atoms with van der Waals surface area (Å²) in [5.41, 5.74) is 3.53. The lowest BCUT2D eigenvalue weighted by atomic mass is 10.0. The van der Waals surface area contributed by atoms with Gasteiger partial charge in [-0.25, -0.2) is 17.8 Å². The Balaban J connectivity index is 1.44. The largest absolute Gasteiger partial charge is 0.491 e. The molecule has 10 heteroatoms. The fraction of sp³-hybridized carbons (Fsp3) is 0.222. The van der Waals surface area contributed by atoms with Crippen LogP contribution in [0.3, 0.4) is 0 Å². The van der Waals surface area contributed by atoms with Crippen LogP contribution in [0.25, 0.3) is 22.6 Å². The number of carbonyl (C=O) groups excluding carboxylic acids is 1. The number of amides is 1. The third-order valence-electron chi connectivity index (χ3n) is 6.35. The van der Waals surface area contributed by atoms with Crippen LogP contribution < -0.4 is 4.74 Å². The van der Waals surface area contributed by atoms with Crippen LogP contribution in [0.2, 0.25) is 0 Å². The van der Waals surface area contributed by atoms with Crippen molar-refractivity contribution in [2.45, 2.75) is 24.8 Å². The third-order valence-corrected chi connectivity index (χ3v) is 7.46. The van der Waals surface area contributed by atoms with Gasteiger partial charge in [-0.15, -0.1) is 0 Å². The van der Waals surface area contributed by atoms with E-state index in [4.69, 9.17) is 4.74 Å². The number of aromatic amines is 1. The number of hydrogen-bond donors (Lipinski definition) is 1. The van der Waals surface area contributed by atoms with E-state index >= 15 is 4.39 Å². The normalized spacial score (nSPS) is 13.5. The summed E-state index contributed by atoms with van der Waals surface area (Å²) >= 11 is 0. The predicted octanol–water partition coefficient (Wildman–Crippen LogP) is 4.28. The molecule has 0 spiro atoms. The number of fused-ring (bicyclic) bond motifs is 1. The first-order chi connectivity index (χ1) is 17.8. The van der Waals surface area contributed by atoms with Crippen molar-refractivity contribution in [3.63, 3.8) is 0 Å². The highest BCUT2D eigenvalue weighted by molar-refractivity contribution is 7.90. The van der Waals surface area contributed by atoms with E-state index < -0.39 is 20.5 Å². The van der Waals surface area contributed by atoms with Crippen LogP contribution in [-0.4, -0.2) is 53.6 Å². The van der Waals surface area contributed by atoms with E-state index in [9.17, 15) is 13.2 Å². The van der Waals surface area contributed by atoms with Crippen LogP contribution in [0.4, 0.5) is 4.39 Å². The molecular weight excluding hydrogens is 495 g/mol. The molecule has 190 valence electrons. The van der Waals surface area contributed by atoms with Crippen LogP contribution in [0.5, 0.6) is 5.75 Å². The molecule has 0 aliphatic carbocycles. The first kappa shape index (κ1) is 24.6. The molecule has 2 aromatic carbocycles. The highest BCUT2D eigenvalue weighted by Crippen LogP contribution is 2.31. The Morgan fingerprint density at radius 2 is 1.95 bits per heavy atom. The second kappa shape index (κ2) is 9.78. The number of pyridine rings is 1. The quantitative estimate of drug-likeness (QED) is 0.421. The van der Waals surface area contributed by atoms with Crippen molar-refractivity contribution in [1.29, 1.82) is 0 Å². The fourth-order valence-electron chi connectivity index (χ4n) is 4.46. The maximum Gasteiger partial charge on any atom is 0.254 e. The Kier molecular flexibility index (Phi) is 6.51. The number of sulfone groups is 1. The molecule has 0 fully saturated rings. The first-order valence-corrected chi connectivity index (χ1v) is 13.7. The van der Waals surface area contributed by atoms with Crippen molar-refractivity contribution in [2.75, 3.05) is 19.4 Å². The monoisotopic (exact) mass is 520 g/mol. The summed E-state index contributed by atoms with van der Waals surface area (Å²) in [5.74, 6) is 0.156. The third kappa shape index (κ3) is 4.84. The number of imidazole rings is 1. The van der Waals surface area contributed by atoms with E-state index in [-0.39, 0.29) is 36.6 Å². The predicted molar refractivity (Wildman–Crippen MR) is 136 cm³/mol. The van der Waals surface area contributed by atoms with E-state index in [1.165, 1.54) is 6.07 Å². The molecule has 8 nitrogen and oxygen atoms in total. The molecule has 2 aromatic heterocycles. The molecule has 0 saturated heterocycles. The van der Waals surface area contributed by atoms with Gasteiger partial charge in [0.1, 0.15) is 28.9 Å². The van der Waals surface area contributed by atoms with Gasteiger partial charge in [0.2, 0.25) is 0 Å². The molecule has 37 heavy (non-hydrogen) atoms. The molecule has 4 aromatic rings. The highest BCUT2D eigenvalue weighted by atomic mass is 32.2. The zero-order valence-corrected chi connectivity index (χ0v) is 21.2. The van der Waals surface area contributed by atoms with Crippen molar-refractivity contribution >= 4 is 15.7 Å². The Morgan fingerprint density at radius 1 is 1.14 bits per heavy atom. The number of halogens is 1. The second-order valence-electron chi connectivity index (χ2n) is 8.80. The van der Waals surface area contributed by atoms with Crippen molar-refractivity contribution in [3.8, 4) is 28.4 Å². The lowest BCUT2D eigenvalue weighted by Crippen LogP contribution is -2.33. The number of aromatic nitrogens is 3. The van der Waals surface area contributed by atoms with Gasteiger partial charge in [-0.2, -0.15) is 0 Å². The maximum atomic E-state index is 15.0. The lowest BCUT2D eigenvalue weighted by Gasteiger charge is -2.22. The Hall–Kier alpha value is -4.05. The summed E-state index contributed by atoms with van der Waals surface area (Å²) in [6.45, 7) is 2.53.